The van der Waals surface area contributed by atoms with Crippen molar-refractivity contribution in [2.24, 2.45) is 11.7 Å². The van der Waals surface area contributed by atoms with Crippen molar-refractivity contribution >= 4 is 7.82 Å². The van der Waals surface area contributed by atoms with Gasteiger partial charge >= 0.3 is 7.82 Å². The fourth-order valence-corrected chi connectivity index (χ4v) is 5.37. The molecule has 0 spiro atoms. The summed E-state index contributed by atoms with van der Waals surface area (Å²) in [6, 6.07) is 17.0. The Balaban J connectivity index is 1.30. The summed E-state index contributed by atoms with van der Waals surface area (Å²) < 4.78 is 21.7. The number of hydrogen-bond donors (Lipinski definition) is 3. The Bertz CT molecular complexity index is 931. The molecule has 2 aromatic rings. The monoisotopic (exact) mass is 445 g/mol. The first kappa shape index (κ1) is 22.7. The van der Waals surface area contributed by atoms with Gasteiger partial charge < -0.3 is 20.3 Å². The molecule has 4 N–H and O–H groups in total. The summed E-state index contributed by atoms with van der Waals surface area (Å²) in [7, 11) is -4.49. The Labute approximate surface area is 184 Å². The molecule has 0 radical (unpaired) electrons. The van der Waals surface area contributed by atoms with Crippen molar-refractivity contribution in [3.8, 4) is 0 Å². The van der Waals surface area contributed by atoms with Crippen LogP contribution in [0, 0.1) is 5.92 Å². The first-order chi connectivity index (χ1) is 14.8. The van der Waals surface area contributed by atoms with Crippen molar-refractivity contribution in [3.63, 3.8) is 0 Å². The van der Waals surface area contributed by atoms with Gasteiger partial charge in [0, 0.05) is 5.54 Å². The molecule has 3 atom stereocenters. The second kappa shape index (κ2) is 9.53. The molecule has 168 valence electrons. The number of hydrogen-bond acceptors (Lipinski definition) is 4. The quantitative estimate of drug-likeness (QED) is 0.529. The van der Waals surface area contributed by atoms with Gasteiger partial charge in [-0.05, 0) is 72.6 Å². The van der Waals surface area contributed by atoms with Crippen LogP contribution in [0.5, 0.6) is 0 Å². The molecule has 0 heterocycles. The van der Waals surface area contributed by atoms with E-state index in [1.807, 2.05) is 18.2 Å². The van der Waals surface area contributed by atoms with Crippen molar-refractivity contribution in [3.05, 3.63) is 70.8 Å². The fourth-order valence-electron chi connectivity index (χ4n) is 4.95. The van der Waals surface area contributed by atoms with Crippen LogP contribution in [0.4, 0.5) is 0 Å². The Kier molecular flexibility index (Phi) is 6.97. The van der Waals surface area contributed by atoms with Crippen molar-refractivity contribution in [2.75, 3.05) is 13.2 Å². The summed E-state index contributed by atoms with van der Waals surface area (Å²) in [5.74, 6) is 0.859. The summed E-state index contributed by atoms with van der Waals surface area (Å²) in [6.07, 6.45) is 5.54. The Morgan fingerprint density at radius 1 is 1.10 bits per heavy atom. The molecule has 0 bridgehead atoms. The molecule has 0 aromatic heterocycles. The fraction of sp³-hybridized carbons (Fsp3) is 0.500. The Morgan fingerprint density at radius 3 is 2.68 bits per heavy atom. The molecule has 6 nitrogen and oxygen atoms in total. The summed E-state index contributed by atoms with van der Waals surface area (Å²) in [5, 5.41) is 0. The van der Waals surface area contributed by atoms with Crippen LogP contribution in [-0.4, -0.2) is 28.5 Å². The lowest BCUT2D eigenvalue weighted by molar-refractivity contribution is 0.0823. The van der Waals surface area contributed by atoms with Gasteiger partial charge in [-0.25, -0.2) is 4.57 Å². The van der Waals surface area contributed by atoms with Gasteiger partial charge in [-0.2, -0.15) is 0 Å². The zero-order valence-electron chi connectivity index (χ0n) is 17.8. The highest BCUT2D eigenvalue weighted by molar-refractivity contribution is 7.46. The molecule has 31 heavy (non-hydrogen) atoms. The highest BCUT2D eigenvalue weighted by Gasteiger charge is 2.38. The van der Waals surface area contributed by atoms with E-state index >= 15 is 0 Å². The normalized spacial score (nSPS) is 26.0. The lowest BCUT2D eigenvalue weighted by Crippen LogP contribution is -2.41. The minimum absolute atomic E-state index is 0.108. The second-order valence-electron chi connectivity index (χ2n) is 9.20. The molecule has 2 aliphatic rings. The molecule has 2 aliphatic carbocycles. The maximum absolute atomic E-state index is 11.0. The minimum Gasteiger partial charge on any atom is -0.376 e. The molecular weight excluding hydrogens is 413 g/mol. The molecule has 4 rings (SSSR count). The first-order valence-corrected chi connectivity index (χ1v) is 12.6. The van der Waals surface area contributed by atoms with Gasteiger partial charge in [-0.15, -0.1) is 0 Å². The number of benzene rings is 2. The van der Waals surface area contributed by atoms with Crippen molar-refractivity contribution in [1.82, 2.24) is 0 Å². The molecule has 0 amide bonds. The van der Waals surface area contributed by atoms with Gasteiger partial charge in [-0.1, -0.05) is 48.5 Å². The van der Waals surface area contributed by atoms with Crippen LogP contribution >= 0.6 is 7.82 Å². The van der Waals surface area contributed by atoms with E-state index in [4.69, 9.17) is 24.8 Å². The van der Waals surface area contributed by atoms with Gasteiger partial charge in [0.15, 0.2) is 0 Å². The van der Waals surface area contributed by atoms with Crippen LogP contribution < -0.4 is 5.73 Å². The van der Waals surface area contributed by atoms with E-state index in [2.05, 4.69) is 30.3 Å². The van der Waals surface area contributed by atoms with Crippen molar-refractivity contribution < 1.29 is 23.6 Å². The summed E-state index contributed by atoms with van der Waals surface area (Å²) in [5.41, 5.74) is 11.0. The van der Waals surface area contributed by atoms with Crippen molar-refractivity contribution in [1.29, 1.82) is 0 Å². The number of aryl methyl sites for hydroxylation is 1. The standard InChI is InChI=1S/C24H32NO5P/c25-24(17-30-31(26,27)28)11-10-23(14-24)22-9-8-20-12-19(6-7-21(20)13-22)16-29-15-18-4-2-1-3-5-18/h1-5,8-9,13,19,23H,6-7,10-12,14-17,25H2,(H2,26,27,28)/t19-,23+,24-/m1/s1. The average Bonchev–Trinajstić information content (AvgIpc) is 3.15. The topological polar surface area (TPSA) is 102 Å². The SMILES string of the molecule is N[C@]1(COP(=O)(O)O)CC[C@H](c2ccc3c(c2)CC[C@@H](COCc2ccccc2)C3)C1. The largest absolute Gasteiger partial charge is 0.469 e. The molecule has 7 heteroatoms. The van der Waals surface area contributed by atoms with E-state index in [1.54, 1.807) is 0 Å². The molecule has 2 aromatic carbocycles. The van der Waals surface area contributed by atoms with Crippen LogP contribution in [-0.2, 0) is 33.3 Å². The number of nitrogens with two attached hydrogens (primary N) is 1. The lowest BCUT2D eigenvalue weighted by Gasteiger charge is -2.26. The van der Waals surface area contributed by atoms with E-state index in [0.29, 0.717) is 31.3 Å². The lowest BCUT2D eigenvalue weighted by atomic mass is 9.82. The van der Waals surface area contributed by atoms with Crippen LogP contribution in [0.25, 0.3) is 0 Å². The summed E-state index contributed by atoms with van der Waals surface area (Å²) in [6.45, 7) is 1.34. The molecule has 1 saturated carbocycles. The third kappa shape index (κ3) is 6.26. The maximum atomic E-state index is 11.0. The van der Waals surface area contributed by atoms with Gasteiger partial charge in [0.05, 0.1) is 19.8 Å². The van der Waals surface area contributed by atoms with Gasteiger partial charge in [0.25, 0.3) is 0 Å². The molecule has 0 aliphatic heterocycles. The average molecular weight is 445 g/mol. The number of rotatable bonds is 8. The minimum atomic E-state index is -4.49. The predicted molar refractivity (Wildman–Crippen MR) is 120 cm³/mol. The highest BCUT2D eigenvalue weighted by atomic mass is 31.2. The van der Waals surface area contributed by atoms with Crippen LogP contribution in [0.3, 0.4) is 0 Å². The van der Waals surface area contributed by atoms with Gasteiger partial charge in [0.2, 0.25) is 0 Å². The molecule has 0 saturated heterocycles. The number of fused-ring (bicyclic) bond motifs is 1. The molecular formula is C24H32NO5P. The third-order valence-corrected chi connectivity index (χ3v) is 7.13. The highest BCUT2D eigenvalue weighted by Crippen LogP contribution is 2.44. The van der Waals surface area contributed by atoms with Crippen molar-refractivity contribution in [2.45, 2.75) is 56.6 Å². The van der Waals surface area contributed by atoms with E-state index in [-0.39, 0.29) is 6.61 Å². The van der Waals surface area contributed by atoms with E-state index in [1.165, 1.54) is 22.3 Å². The molecule has 0 unspecified atom stereocenters. The zero-order chi connectivity index (χ0) is 21.9. The van der Waals surface area contributed by atoms with E-state index in [9.17, 15) is 4.57 Å². The van der Waals surface area contributed by atoms with Gasteiger partial charge in [-0.3, -0.25) is 4.52 Å². The van der Waals surface area contributed by atoms with Crippen LogP contribution in [0.2, 0.25) is 0 Å². The van der Waals surface area contributed by atoms with Crippen LogP contribution in [0.1, 0.15) is 53.9 Å². The zero-order valence-corrected chi connectivity index (χ0v) is 18.7. The first-order valence-electron chi connectivity index (χ1n) is 11.0. The van der Waals surface area contributed by atoms with E-state index in [0.717, 1.165) is 32.3 Å². The Hall–Kier alpha value is -1.53. The summed E-state index contributed by atoms with van der Waals surface area (Å²) >= 11 is 0. The number of ether oxygens (including phenoxy) is 1. The maximum Gasteiger partial charge on any atom is 0.469 e. The second-order valence-corrected chi connectivity index (χ2v) is 10.4. The molecule has 1 fully saturated rings. The number of phosphoric ester groups is 1. The Morgan fingerprint density at radius 2 is 1.90 bits per heavy atom. The summed E-state index contributed by atoms with van der Waals surface area (Å²) in [4.78, 5) is 17.9. The third-order valence-electron chi connectivity index (χ3n) is 6.66. The predicted octanol–water partition coefficient (Wildman–Crippen LogP) is 4.08. The van der Waals surface area contributed by atoms with Gasteiger partial charge in [0.1, 0.15) is 0 Å². The van der Waals surface area contributed by atoms with E-state index < -0.39 is 13.4 Å². The number of phosphoric acid groups is 1. The smallest absolute Gasteiger partial charge is 0.376 e. The van der Waals surface area contributed by atoms with Crippen LogP contribution in [0.15, 0.2) is 48.5 Å².